The molecule has 26 heavy (non-hydrogen) atoms. The van der Waals surface area contributed by atoms with Crippen molar-refractivity contribution in [3.63, 3.8) is 0 Å². The summed E-state index contributed by atoms with van der Waals surface area (Å²) in [5.74, 6) is -3.18. The number of aromatic nitrogens is 4. The summed E-state index contributed by atoms with van der Waals surface area (Å²) in [4.78, 5) is 19.9. The molecule has 3 aromatic rings. The van der Waals surface area contributed by atoms with E-state index in [1.165, 1.54) is 23.8 Å². The van der Waals surface area contributed by atoms with E-state index < -0.39 is 11.6 Å². The van der Waals surface area contributed by atoms with Crippen molar-refractivity contribution in [3.05, 3.63) is 40.4 Å². The van der Waals surface area contributed by atoms with Crippen LogP contribution in [0.15, 0.2) is 29.2 Å². The molecule has 0 aromatic carbocycles. The predicted molar refractivity (Wildman–Crippen MR) is 91.4 cm³/mol. The predicted octanol–water partition coefficient (Wildman–Crippen LogP) is 1.91. The maximum atomic E-state index is 13.8. The van der Waals surface area contributed by atoms with Crippen LogP contribution in [0.3, 0.4) is 0 Å². The fraction of sp³-hybridized carbons (Fsp3) is 0.353. The van der Waals surface area contributed by atoms with Gasteiger partial charge in [0, 0.05) is 38.3 Å². The molecule has 3 aromatic heterocycles. The lowest BCUT2D eigenvalue weighted by molar-refractivity contribution is 0.0120. The number of hydrogen-bond donors (Lipinski definition) is 1. The highest BCUT2D eigenvalue weighted by Crippen LogP contribution is 2.33. The van der Waals surface area contributed by atoms with Gasteiger partial charge in [0.1, 0.15) is 5.69 Å². The third-order valence-corrected chi connectivity index (χ3v) is 4.10. The maximum absolute atomic E-state index is 13.8. The van der Waals surface area contributed by atoms with Gasteiger partial charge in [-0.1, -0.05) is 0 Å². The van der Waals surface area contributed by atoms with E-state index in [2.05, 4.69) is 9.97 Å². The molecule has 0 fully saturated rings. The third-order valence-electron chi connectivity index (χ3n) is 4.10. The van der Waals surface area contributed by atoms with Gasteiger partial charge in [-0.2, -0.15) is 18.7 Å². The summed E-state index contributed by atoms with van der Waals surface area (Å²) in [5.41, 5.74) is 1.15. The lowest BCUT2D eigenvalue weighted by Crippen LogP contribution is -2.16. The Morgan fingerprint density at radius 2 is 2.04 bits per heavy atom. The highest BCUT2D eigenvalue weighted by Gasteiger charge is 2.29. The summed E-state index contributed by atoms with van der Waals surface area (Å²) >= 11 is 0. The molecule has 0 saturated heterocycles. The number of halogens is 2. The van der Waals surface area contributed by atoms with Crippen LogP contribution >= 0.6 is 0 Å². The molecule has 0 amide bonds. The molecule has 0 bridgehead atoms. The number of aliphatic hydroxyl groups excluding tert-OH is 1. The number of nitrogens with zero attached hydrogens (tertiary/aromatic N) is 4. The van der Waals surface area contributed by atoms with Crippen LogP contribution in [0, 0.1) is 0 Å². The molecule has 0 aliphatic heterocycles. The van der Waals surface area contributed by atoms with E-state index in [0.717, 1.165) is 6.92 Å². The number of aliphatic hydroxyl groups is 1. The number of aryl methyl sites for hydroxylation is 1. The molecule has 0 saturated carbocycles. The molecule has 0 unspecified atom stereocenters. The van der Waals surface area contributed by atoms with E-state index in [1.807, 2.05) is 0 Å². The van der Waals surface area contributed by atoms with Crippen molar-refractivity contribution in [1.29, 1.82) is 0 Å². The second-order valence-corrected chi connectivity index (χ2v) is 5.94. The number of rotatable bonds is 5. The average Bonchev–Trinajstić information content (AvgIpc) is 2.96. The van der Waals surface area contributed by atoms with Crippen molar-refractivity contribution in [2.45, 2.75) is 19.4 Å². The van der Waals surface area contributed by atoms with E-state index in [-0.39, 0.29) is 30.4 Å². The minimum absolute atomic E-state index is 0.114. The van der Waals surface area contributed by atoms with Gasteiger partial charge in [-0.3, -0.25) is 4.79 Å². The molecule has 138 valence electrons. The summed E-state index contributed by atoms with van der Waals surface area (Å²) in [5, 5.41) is 9.28. The van der Waals surface area contributed by atoms with Crippen LogP contribution in [-0.4, -0.2) is 37.9 Å². The van der Waals surface area contributed by atoms with Crippen molar-refractivity contribution >= 4 is 11.0 Å². The lowest BCUT2D eigenvalue weighted by Gasteiger charge is -2.12. The second-order valence-electron chi connectivity index (χ2n) is 5.94. The Labute approximate surface area is 147 Å². The first-order valence-corrected chi connectivity index (χ1v) is 7.87. The van der Waals surface area contributed by atoms with Gasteiger partial charge < -0.3 is 19.0 Å². The molecule has 9 heteroatoms. The molecule has 1 N–H and O–H groups in total. The molecule has 0 radical (unpaired) electrons. The zero-order chi connectivity index (χ0) is 19.1. The van der Waals surface area contributed by atoms with Crippen molar-refractivity contribution in [1.82, 2.24) is 19.1 Å². The van der Waals surface area contributed by atoms with Crippen LogP contribution in [-0.2, 0) is 19.5 Å². The summed E-state index contributed by atoms with van der Waals surface area (Å²) < 4.78 is 35.7. The molecule has 0 spiro atoms. The topological polar surface area (TPSA) is 82.2 Å². The van der Waals surface area contributed by atoms with E-state index in [1.54, 1.807) is 23.9 Å². The van der Waals surface area contributed by atoms with Crippen molar-refractivity contribution < 1.29 is 18.6 Å². The lowest BCUT2D eigenvalue weighted by atomic mass is 10.1. The van der Waals surface area contributed by atoms with Gasteiger partial charge in [0.25, 0.3) is 11.5 Å². The number of pyridine rings is 1. The van der Waals surface area contributed by atoms with Crippen molar-refractivity contribution in [2.24, 2.45) is 7.05 Å². The number of fused-ring (bicyclic) bond motifs is 1. The number of ether oxygens (including phenoxy) is 1. The van der Waals surface area contributed by atoms with Gasteiger partial charge in [0.15, 0.2) is 0 Å². The van der Waals surface area contributed by atoms with Crippen LogP contribution < -0.4 is 10.3 Å². The Morgan fingerprint density at radius 3 is 2.65 bits per heavy atom. The van der Waals surface area contributed by atoms with Crippen LogP contribution in [0.4, 0.5) is 8.78 Å². The Bertz CT molecular complexity index is 1020. The van der Waals surface area contributed by atoms with Crippen molar-refractivity contribution in [3.8, 4) is 17.3 Å². The van der Waals surface area contributed by atoms with Gasteiger partial charge in [-0.25, -0.2) is 0 Å². The second kappa shape index (κ2) is 6.49. The highest BCUT2D eigenvalue weighted by atomic mass is 19.3. The minimum atomic E-state index is -3.18. The molecule has 0 atom stereocenters. The molecule has 7 nitrogen and oxygen atoms in total. The Kier molecular flexibility index (Phi) is 4.49. The SMILES string of the molecule is COc1nc(-c2cn(CCO)c3ccc(=O)n(C)c23)cc(C(C)(F)F)n1. The minimum Gasteiger partial charge on any atom is -0.467 e. The first-order chi connectivity index (χ1) is 12.3. The van der Waals surface area contributed by atoms with E-state index >= 15 is 0 Å². The molecule has 0 aliphatic rings. The highest BCUT2D eigenvalue weighted by molar-refractivity contribution is 5.92. The molecular formula is C17H18F2N4O3. The Morgan fingerprint density at radius 1 is 1.31 bits per heavy atom. The van der Waals surface area contributed by atoms with Crippen LogP contribution in [0.1, 0.15) is 12.6 Å². The van der Waals surface area contributed by atoms with Crippen LogP contribution in [0.2, 0.25) is 0 Å². The van der Waals surface area contributed by atoms with Gasteiger partial charge in [-0.15, -0.1) is 0 Å². The summed E-state index contributed by atoms with van der Waals surface area (Å²) in [7, 11) is 2.88. The normalized spacial score (nSPS) is 11.9. The maximum Gasteiger partial charge on any atom is 0.317 e. The smallest absolute Gasteiger partial charge is 0.317 e. The van der Waals surface area contributed by atoms with Gasteiger partial charge >= 0.3 is 6.01 Å². The number of methoxy groups -OCH3 is 1. The van der Waals surface area contributed by atoms with Crippen molar-refractivity contribution in [2.75, 3.05) is 13.7 Å². The fourth-order valence-electron chi connectivity index (χ4n) is 2.82. The summed E-state index contributed by atoms with van der Waals surface area (Å²) in [6, 6.07) is 4.03. The van der Waals surface area contributed by atoms with Gasteiger partial charge in [0.2, 0.25) is 0 Å². The first-order valence-electron chi connectivity index (χ1n) is 7.87. The van der Waals surface area contributed by atoms with E-state index in [9.17, 15) is 18.7 Å². The molecule has 3 rings (SSSR count). The van der Waals surface area contributed by atoms with Gasteiger partial charge in [-0.05, 0) is 12.1 Å². The standard InChI is InChI=1S/C17H18F2N4O3/c1-17(18,19)13-8-11(20-16(21-13)26-3)10-9-23(6-7-24)12-4-5-14(25)22(2)15(10)12/h4-5,8-9,24H,6-7H2,1-3H3. The largest absolute Gasteiger partial charge is 0.467 e. The average molecular weight is 364 g/mol. The first kappa shape index (κ1) is 18.0. The molecule has 0 aliphatic carbocycles. The van der Waals surface area contributed by atoms with E-state index in [4.69, 9.17) is 4.74 Å². The third kappa shape index (κ3) is 3.05. The van der Waals surface area contributed by atoms with Crippen LogP contribution in [0.5, 0.6) is 6.01 Å². The quantitative estimate of drug-likeness (QED) is 0.748. The monoisotopic (exact) mass is 364 g/mol. The van der Waals surface area contributed by atoms with Crippen LogP contribution in [0.25, 0.3) is 22.3 Å². The number of hydrogen-bond acceptors (Lipinski definition) is 5. The fourth-order valence-corrected chi connectivity index (χ4v) is 2.82. The Balaban J connectivity index is 2.35. The summed E-state index contributed by atoms with van der Waals surface area (Å²) in [6.45, 7) is 0.911. The zero-order valence-corrected chi connectivity index (χ0v) is 14.5. The molecular weight excluding hydrogens is 346 g/mol. The van der Waals surface area contributed by atoms with E-state index in [0.29, 0.717) is 16.6 Å². The zero-order valence-electron chi connectivity index (χ0n) is 14.5. The van der Waals surface area contributed by atoms with Gasteiger partial charge in [0.05, 0.1) is 30.4 Å². The number of alkyl halides is 2. The summed E-state index contributed by atoms with van der Waals surface area (Å²) in [6.07, 6.45) is 1.67. The molecule has 3 heterocycles. The Hall–Kier alpha value is -2.81.